The number of hydrogen-bond acceptors (Lipinski definition) is 4. The second-order valence-electron chi connectivity index (χ2n) is 3.60. The van der Waals surface area contributed by atoms with Gasteiger partial charge in [0.05, 0.1) is 13.2 Å². The summed E-state index contributed by atoms with van der Waals surface area (Å²) in [6.07, 6.45) is 1.26. The third kappa shape index (κ3) is 4.98. The fourth-order valence-corrected chi connectivity index (χ4v) is 1.38. The van der Waals surface area contributed by atoms with Gasteiger partial charge in [0, 0.05) is 6.42 Å². The van der Waals surface area contributed by atoms with E-state index in [-0.39, 0.29) is 5.97 Å². The zero-order valence-electron chi connectivity index (χ0n) is 9.91. The molecule has 1 aromatic rings. The van der Waals surface area contributed by atoms with Gasteiger partial charge in [0.25, 0.3) is 0 Å². The molecule has 0 unspecified atom stereocenters. The van der Waals surface area contributed by atoms with Gasteiger partial charge in [-0.15, -0.1) is 0 Å². The molecule has 0 spiro atoms. The summed E-state index contributed by atoms with van der Waals surface area (Å²) in [5, 5.41) is 3.21. The van der Waals surface area contributed by atoms with Crippen molar-refractivity contribution >= 4 is 5.97 Å². The molecule has 16 heavy (non-hydrogen) atoms. The predicted molar refractivity (Wildman–Crippen MR) is 61.0 cm³/mol. The van der Waals surface area contributed by atoms with Gasteiger partial charge in [-0.3, -0.25) is 4.79 Å². The number of hydrogen-bond donors (Lipinski definition) is 1. The average Bonchev–Trinajstić information content (AvgIpc) is 2.64. The molecule has 0 radical (unpaired) electrons. The fraction of sp³-hybridized carbons (Fsp3) is 0.583. The number of carbonyl (C=O) groups excluding carboxylic acids is 1. The quantitative estimate of drug-likeness (QED) is 0.569. The smallest absolute Gasteiger partial charge is 0.305 e. The van der Waals surface area contributed by atoms with Crippen LogP contribution in [0.4, 0.5) is 0 Å². The molecule has 1 aromatic heterocycles. The Hall–Kier alpha value is -1.29. The Kier molecular flexibility index (Phi) is 5.64. The lowest BCUT2D eigenvalue weighted by Gasteiger charge is -2.03. The third-order valence-electron chi connectivity index (χ3n) is 2.14. The van der Waals surface area contributed by atoms with Crippen LogP contribution in [0.15, 0.2) is 16.5 Å². The van der Waals surface area contributed by atoms with Crippen molar-refractivity contribution in [2.45, 2.75) is 33.2 Å². The van der Waals surface area contributed by atoms with Gasteiger partial charge < -0.3 is 14.5 Å². The summed E-state index contributed by atoms with van der Waals surface area (Å²) in [6.45, 7) is 5.69. The van der Waals surface area contributed by atoms with Crippen molar-refractivity contribution in [3.8, 4) is 0 Å². The first kappa shape index (κ1) is 12.8. The van der Waals surface area contributed by atoms with E-state index >= 15 is 0 Å². The van der Waals surface area contributed by atoms with Crippen LogP contribution in [0.3, 0.4) is 0 Å². The number of esters is 1. The van der Waals surface area contributed by atoms with Crippen molar-refractivity contribution in [1.29, 1.82) is 0 Å². The average molecular weight is 225 g/mol. The summed E-state index contributed by atoms with van der Waals surface area (Å²) >= 11 is 0. The van der Waals surface area contributed by atoms with Gasteiger partial charge in [-0.1, -0.05) is 0 Å². The van der Waals surface area contributed by atoms with E-state index in [1.807, 2.05) is 26.0 Å². The highest BCUT2D eigenvalue weighted by Gasteiger charge is 2.01. The van der Waals surface area contributed by atoms with E-state index in [1.165, 1.54) is 0 Å². The molecule has 0 aliphatic rings. The van der Waals surface area contributed by atoms with Crippen molar-refractivity contribution in [2.24, 2.45) is 0 Å². The summed E-state index contributed by atoms with van der Waals surface area (Å²) in [4.78, 5) is 11.0. The summed E-state index contributed by atoms with van der Waals surface area (Å²) in [6, 6.07) is 3.89. The lowest BCUT2D eigenvalue weighted by molar-refractivity contribution is -0.143. The SMILES string of the molecule is CCOC(=O)CCCNCc1ccc(C)o1. The fourth-order valence-electron chi connectivity index (χ4n) is 1.38. The van der Waals surface area contributed by atoms with Crippen molar-refractivity contribution in [3.05, 3.63) is 23.7 Å². The molecule has 0 bridgehead atoms. The first-order chi connectivity index (χ1) is 7.72. The van der Waals surface area contributed by atoms with E-state index in [1.54, 1.807) is 0 Å². The molecule has 0 aliphatic carbocycles. The highest BCUT2D eigenvalue weighted by Crippen LogP contribution is 2.05. The Labute approximate surface area is 96.0 Å². The second kappa shape index (κ2) is 7.06. The minimum absolute atomic E-state index is 0.127. The van der Waals surface area contributed by atoms with Gasteiger partial charge in [-0.05, 0) is 38.9 Å². The van der Waals surface area contributed by atoms with E-state index < -0.39 is 0 Å². The predicted octanol–water partition coefficient (Wildman–Crippen LogP) is 2.02. The first-order valence-corrected chi connectivity index (χ1v) is 5.64. The zero-order valence-corrected chi connectivity index (χ0v) is 9.91. The molecule has 0 aromatic carbocycles. The summed E-state index contributed by atoms with van der Waals surface area (Å²) in [5.41, 5.74) is 0. The monoisotopic (exact) mass is 225 g/mol. The van der Waals surface area contributed by atoms with E-state index in [4.69, 9.17) is 9.15 Å². The van der Waals surface area contributed by atoms with E-state index in [9.17, 15) is 4.79 Å². The lowest BCUT2D eigenvalue weighted by Crippen LogP contribution is -2.16. The molecular weight excluding hydrogens is 206 g/mol. The largest absolute Gasteiger partial charge is 0.466 e. The zero-order chi connectivity index (χ0) is 11.8. The number of rotatable bonds is 7. The van der Waals surface area contributed by atoms with E-state index in [0.29, 0.717) is 19.6 Å². The minimum Gasteiger partial charge on any atom is -0.466 e. The molecule has 1 heterocycles. The minimum atomic E-state index is -0.127. The standard InChI is InChI=1S/C12H19NO3/c1-3-15-12(14)5-4-8-13-9-11-7-6-10(2)16-11/h6-7,13H,3-5,8-9H2,1-2H3. The number of aryl methyl sites for hydroxylation is 1. The van der Waals surface area contributed by atoms with Gasteiger partial charge in [-0.25, -0.2) is 0 Å². The molecule has 4 heteroatoms. The Morgan fingerprint density at radius 3 is 2.94 bits per heavy atom. The number of nitrogens with one attached hydrogen (secondary N) is 1. The molecule has 0 fully saturated rings. The number of ether oxygens (including phenoxy) is 1. The van der Waals surface area contributed by atoms with Crippen LogP contribution < -0.4 is 5.32 Å². The van der Waals surface area contributed by atoms with Crippen LogP contribution in [0.25, 0.3) is 0 Å². The van der Waals surface area contributed by atoms with E-state index in [2.05, 4.69) is 5.32 Å². The van der Waals surface area contributed by atoms with Gasteiger partial charge >= 0.3 is 5.97 Å². The van der Waals surface area contributed by atoms with E-state index in [0.717, 1.165) is 24.5 Å². The maximum absolute atomic E-state index is 11.0. The molecule has 0 amide bonds. The summed E-state index contributed by atoms with van der Waals surface area (Å²) in [7, 11) is 0. The third-order valence-corrected chi connectivity index (χ3v) is 2.14. The first-order valence-electron chi connectivity index (χ1n) is 5.64. The maximum Gasteiger partial charge on any atom is 0.305 e. The van der Waals surface area contributed by atoms with Crippen molar-refractivity contribution < 1.29 is 13.9 Å². The molecule has 0 saturated carbocycles. The second-order valence-corrected chi connectivity index (χ2v) is 3.60. The molecule has 0 aliphatic heterocycles. The van der Waals surface area contributed by atoms with Gasteiger partial charge in [0.1, 0.15) is 11.5 Å². The van der Waals surface area contributed by atoms with Crippen LogP contribution in [0.5, 0.6) is 0 Å². The summed E-state index contributed by atoms with van der Waals surface area (Å²) in [5.74, 6) is 1.72. The molecular formula is C12H19NO3. The highest BCUT2D eigenvalue weighted by molar-refractivity contribution is 5.69. The van der Waals surface area contributed by atoms with Crippen LogP contribution in [0.2, 0.25) is 0 Å². The highest BCUT2D eigenvalue weighted by atomic mass is 16.5. The van der Waals surface area contributed by atoms with Crippen molar-refractivity contribution in [3.63, 3.8) is 0 Å². The van der Waals surface area contributed by atoms with Crippen LogP contribution in [0.1, 0.15) is 31.3 Å². The van der Waals surface area contributed by atoms with Crippen LogP contribution in [-0.4, -0.2) is 19.1 Å². The Bertz CT molecular complexity index is 320. The number of furan rings is 1. The van der Waals surface area contributed by atoms with Crippen LogP contribution in [-0.2, 0) is 16.1 Å². The van der Waals surface area contributed by atoms with Gasteiger partial charge in [0.15, 0.2) is 0 Å². The van der Waals surface area contributed by atoms with Gasteiger partial charge in [0.2, 0.25) is 0 Å². The Balaban J connectivity index is 2.02. The Morgan fingerprint density at radius 1 is 1.50 bits per heavy atom. The van der Waals surface area contributed by atoms with Gasteiger partial charge in [-0.2, -0.15) is 0 Å². The maximum atomic E-state index is 11.0. The Morgan fingerprint density at radius 2 is 2.31 bits per heavy atom. The normalized spacial score (nSPS) is 10.4. The lowest BCUT2D eigenvalue weighted by atomic mass is 10.3. The van der Waals surface area contributed by atoms with Crippen molar-refractivity contribution in [2.75, 3.05) is 13.2 Å². The molecule has 0 saturated heterocycles. The summed E-state index contributed by atoms with van der Waals surface area (Å²) < 4.78 is 10.2. The molecule has 1 rings (SSSR count). The molecule has 90 valence electrons. The topological polar surface area (TPSA) is 51.5 Å². The van der Waals surface area contributed by atoms with Crippen LogP contribution in [0, 0.1) is 6.92 Å². The van der Waals surface area contributed by atoms with Crippen LogP contribution >= 0.6 is 0 Å². The molecule has 1 N–H and O–H groups in total. The number of carbonyl (C=O) groups is 1. The molecule has 0 atom stereocenters. The molecule has 4 nitrogen and oxygen atoms in total. The van der Waals surface area contributed by atoms with Crippen molar-refractivity contribution in [1.82, 2.24) is 5.32 Å².